The third-order valence-electron chi connectivity index (χ3n) is 5.34. The van der Waals surface area contributed by atoms with Crippen LogP contribution in [-0.4, -0.2) is 45.0 Å². The lowest BCUT2D eigenvalue weighted by Gasteiger charge is -2.13. The lowest BCUT2D eigenvalue weighted by Crippen LogP contribution is -2.08. The number of sulfonamides is 1. The van der Waals surface area contributed by atoms with E-state index in [1.54, 1.807) is 12.4 Å². The molecule has 1 fully saturated rings. The van der Waals surface area contributed by atoms with Crippen LogP contribution in [-0.2, 0) is 10.0 Å². The quantitative estimate of drug-likeness (QED) is 0.500. The molecule has 0 aliphatic heterocycles. The Labute approximate surface area is 162 Å². The van der Waals surface area contributed by atoms with Crippen LogP contribution in [0.5, 0.6) is 0 Å². The van der Waals surface area contributed by atoms with Crippen molar-refractivity contribution in [1.29, 1.82) is 5.26 Å². The van der Waals surface area contributed by atoms with Gasteiger partial charge in [-0.3, -0.25) is 4.40 Å². The molecule has 1 unspecified atom stereocenters. The monoisotopic (exact) mass is 399 g/mol. The number of rotatable bonds is 6. The zero-order valence-electron chi connectivity index (χ0n) is 15.5. The van der Waals surface area contributed by atoms with Gasteiger partial charge in [0.2, 0.25) is 0 Å². The number of hydrogen-bond acceptors (Lipinski definition) is 6. The summed E-state index contributed by atoms with van der Waals surface area (Å²) in [6.45, 7) is 2.15. The Balaban J connectivity index is 1.55. The molecule has 3 aromatic heterocycles. The number of hydrogen-bond donors (Lipinski definition) is 1. The summed E-state index contributed by atoms with van der Waals surface area (Å²) in [6, 6.07) is 3.90. The summed E-state index contributed by atoms with van der Waals surface area (Å²) in [6.07, 6.45) is 7.25. The van der Waals surface area contributed by atoms with E-state index < -0.39 is 10.0 Å². The minimum atomic E-state index is -3.51. The minimum Gasteiger partial charge on any atom is -0.345 e. The fourth-order valence-electron chi connectivity index (χ4n) is 3.98. The highest BCUT2D eigenvalue weighted by atomic mass is 32.2. The topological polar surface area (TPSA) is 129 Å². The number of H-pyrrole nitrogens is 1. The summed E-state index contributed by atoms with van der Waals surface area (Å²) in [5, 5.41) is 17.2. The number of nitriles is 1. The second kappa shape index (κ2) is 7.31. The second-order valence-corrected chi connectivity index (χ2v) is 9.12. The van der Waals surface area contributed by atoms with Gasteiger partial charge < -0.3 is 4.98 Å². The third kappa shape index (κ3) is 3.49. The summed E-state index contributed by atoms with van der Waals surface area (Å²) in [7, 11) is -3.51. The van der Waals surface area contributed by atoms with Crippen LogP contribution < -0.4 is 0 Å². The third-order valence-corrected chi connectivity index (χ3v) is 6.59. The van der Waals surface area contributed by atoms with Crippen LogP contribution in [0.15, 0.2) is 22.9 Å². The maximum atomic E-state index is 12.0. The summed E-state index contributed by atoms with van der Waals surface area (Å²) < 4.78 is 29.9. The Bertz CT molecular complexity index is 1170. The number of unbranched alkanes of at least 4 members (excludes halogenated alkanes) is 1. The fraction of sp³-hybridized carbons (Fsp3) is 0.500. The molecule has 146 valence electrons. The molecule has 1 N–H and O–H groups in total. The van der Waals surface area contributed by atoms with Crippen LogP contribution in [0, 0.1) is 23.2 Å². The van der Waals surface area contributed by atoms with Crippen molar-refractivity contribution in [3.8, 4) is 6.07 Å². The lowest BCUT2D eigenvalue weighted by molar-refractivity contribution is 0.507. The Morgan fingerprint density at radius 1 is 1.43 bits per heavy atom. The molecule has 3 heterocycles. The molecule has 0 aromatic carbocycles. The molecule has 0 bridgehead atoms. The van der Waals surface area contributed by atoms with Crippen molar-refractivity contribution in [3.63, 3.8) is 0 Å². The second-order valence-electron chi connectivity index (χ2n) is 7.34. The Hall–Kier alpha value is -2.80. The van der Waals surface area contributed by atoms with Crippen molar-refractivity contribution in [2.75, 3.05) is 5.75 Å². The van der Waals surface area contributed by atoms with E-state index in [0.29, 0.717) is 18.0 Å². The predicted octanol–water partition coefficient (Wildman–Crippen LogP) is 2.44. The van der Waals surface area contributed by atoms with E-state index in [0.717, 1.165) is 29.8 Å². The number of aromatic nitrogens is 5. The van der Waals surface area contributed by atoms with E-state index in [9.17, 15) is 8.42 Å². The van der Waals surface area contributed by atoms with Gasteiger partial charge in [0.15, 0.2) is 11.3 Å². The lowest BCUT2D eigenvalue weighted by atomic mass is 9.97. The van der Waals surface area contributed by atoms with Gasteiger partial charge in [-0.1, -0.05) is 6.92 Å². The van der Waals surface area contributed by atoms with Gasteiger partial charge in [0, 0.05) is 24.8 Å². The molecule has 10 heteroatoms. The first-order chi connectivity index (χ1) is 13.5. The van der Waals surface area contributed by atoms with Gasteiger partial charge in [-0.25, -0.2) is 13.4 Å². The molecule has 0 radical (unpaired) electrons. The molecule has 0 spiro atoms. The number of nitrogens with one attached hydrogen (secondary N) is 1. The van der Waals surface area contributed by atoms with E-state index in [1.807, 2.05) is 22.7 Å². The van der Waals surface area contributed by atoms with E-state index in [4.69, 9.17) is 5.26 Å². The van der Waals surface area contributed by atoms with Crippen LogP contribution in [0.1, 0.15) is 44.3 Å². The van der Waals surface area contributed by atoms with Gasteiger partial charge in [-0.2, -0.15) is 9.66 Å². The predicted molar refractivity (Wildman–Crippen MR) is 104 cm³/mol. The van der Waals surface area contributed by atoms with Crippen molar-refractivity contribution >= 4 is 33.0 Å². The number of aromatic amines is 1. The van der Waals surface area contributed by atoms with Crippen LogP contribution in [0.3, 0.4) is 0 Å². The first-order valence-electron chi connectivity index (χ1n) is 9.30. The van der Waals surface area contributed by atoms with Crippen LogP contribution in [0.4, 0.5) is 0 Å². The average Bonchev–Trinajstić information content (AvgIpc) is 3.37. The molecular weight excluding hydrogens is 378 g/mol. The van der Waals surface area contributed by atoms with E-state index in [1.165, 1.54) is 0 Å². The van der Waals surface area contributed by atoms with E-state index in [-0.39, 0.29) is 24.0 Å². The zero-order chi connectivity index (χ0) is 19.7. The fourth-order valence-corrected chi connectivity index (χ4v) is 4.95. The van der Waals surface area contributed by atoms with Gasteiger partial charge in [0.25, 0.3) is 10.0 Å². The summed E-state index contributed by atoms with van der Waals surface area (Å²) in [5.41, 5.74) is 2.41. The molecular formula is C18H21N7O2S. The minimum absolute atomic E-state index is 0.0710. The molecule has 28 heavy (non-hydrogen) atoms. The van der Waals surface area contributed by atoms with Crippen molar-refractivity contribution in [2.45, 2.75) is 38.5 Å². The molecule has 4 rings (SSSR count). The molecule has 9 nitrogen and oxygen atoms in total. The van der Waals surface area contributed by atoms with Gasteiger partial charge in [0.05, 0.1) is 23.5 Å². The maximum absolute atomic E-state index is 12.0. The largest absolute Gasteiger partial charge is 0.345 e. The normalized spacial score (nSPS) is 23.1. The van der Waals surface area contributed by atoms with Crippen molar-refractivity contribution in [3.05, 3.63) is 24.3 Å². The Kier molecular flexibility index (Phi) is 4.85. The number of fused-ring (bicyclic) bond motifs is 3. The van der Waals surface area contributed by atoms with Gasteiger partial charge in [-0.05, 0) is 37.2 Å². The van der Waals surface area contributed by atoms with Crippen LogP contribution in [0.25, 0.3) is 16.8 Å². The first-order valence-corrected chi connectivity index (χ1v) is 10.9. The van der Waals surface area contributed by atoms with Crippen molar-refractivity contribution in [2.24, 2.45) is 16.2 Å². The molecule has 3 atom stereocenters. The SMILES string of the molecule is C[C@@H]1CC(/C=N/S(=O)(=O)CCCC#N)C[C@@H]1c1nnc2cnc3[nH]ccc3n12. The molecule has 1 aliphatic rings. The molecule has 3 aromatic rings. The van der Waals surface area contributed by atoms with Crippen LogP contribution >= 0.6 is 0 Å². The zero-order valence-corrected chi connectivity index (χ0v) is 16.3. The van der Waals surface area contributed by atoms with Crippen molar-refractivity contribution in [1.82, 2.24) is 24.6 Å². The van der Waals surface area contributed by atoms with E-state index >= 15 is 0 Å². The molecule has 1 saturated carbocycles. The molecule has 1 aliphatic carbocycles. The van der Waals surface area contributed by atoms with E-state index in [2.05, 4.69) is 31.5 Å². The summed E-state index contributed by atoms with van der Waals surface area (Å²) >= 11 is 0. The highest BCUT2D eigenvalue weighted by molar-refractivity contribution is 7.90. The molecule has 0 saturated heterocycles. The highest BCUT2D eigenvalue weighted by Gasteiger charge is 2.35. The van der Waals surface area contributed by atoms with Crippen molar-refractivity contribution < 1.29 is 8.42 Å². The highest BCUT2D eigenvalue weighted by Crippen LogP contribution is 2.42. The van der Waals surface area contributed by atoms with Gasteiger partial charge in [0.1, 0.15) is 5.82 Å². The molecule has 0 amide bonds. The Morgan fingerprint density at radius 2 is 2.29 bits per heavy atom. The first kappa shape index (κ1) is 18.6. The maximum Gasteiger partial charge on any atom is 0.252 e. The standard InChI is InChI=1S/C18H21N7O2S/c1-12-8-13(10-22-28(26,27)7-3-2-5-19)9-14(12)18-24-23-16-11-21-17-15(25(16)18)4-6-20-17/h4,6,10-14,20H,2-3,7-9H2,1H3/b22-10+/t12-,13?,14+/m1/s1. The summed E-state index contributed by atoms with van der Waals surface area (Å²) in [4.78, 5) is 7.45. The van der Waals surface area contributed by atoms with Gasteiger partial charge in [-0.15, -0.1) is 10.2 Å². The summed E-state index contributed by atoms with van der Waals surface area (Å²) in [5.74, 6) is 1.35. The Morgan fingerprint density at radius 3 is 3.11 bits per heavy atom. The number of nitrogens with zero attached hydrogens (tertiary/aromatic N) is 6. The van der Waals surface area contributed by atoms with Gasteiger partial charge >= 0.3 is 0 Å². The average molecular weight is 399 g/mol. The van der Waals surface area contributed by atoms with Crippen LogP contribution in [0.2, 0.25) is 0 Å². The smallest absolute Gasteiger partial charge is 0.252 e.